The van der Waals surface area contributed by atoms with Gasteiger partial charge in [0.1, 0.15) is 30.2 Å². The van der Waals surface area contributed by atoms with Crippen LogP contribution in [0.1, 0.15) is 109 Å². The monoisotopic (exact) mass is 800 g/mol. The molecule has 0 spiro atoms. The molecule has 2 aliphatic rings. The summed E-state index contributed by atoms with van der Waals surface area (Å²) in [7, 11) is 0. The lowest BCUT2D eigenvalue weighted by molar-refractivity contribution is -0.142. The predicted octanol–water partition coefficient (Wildman–Crippen LogP) is -0.103. The fourth-order valence-electron chi connectivity index (χ4n) is 6.88. The zero-order valence-electron chi connectivity index (χ0n) is 30.8. The van der Waals surface area contributed by atoms with Crippen molar-refractivity contribution in [3.63, 3.8) is 0 Å². The van der Waals surface area contributed by atoms with E-state index < -0.39 is 122 Å². The SMILES string of the molecule is N[C@@H](CC(=O)O)C(=O)N[C@@H](CCC(=O)O)C(=O)N[C@@H](CC1CCCCC1)C(=O)N[C@@H](CCC(=O)O)C(=O)N[C@@H](CC1CCCCC1)C(=O)N[C@@H](CS)C(=O)O. The molecule has 2 fully saturated rings. The van der Waals surface area contributed by atoms with E-state index in [0.717, 1.165) is 51.4 Å². The summed E-state index contributed by atoms with van der Waals surface area (Å²) in [4.78, 5) is 113. The number of carboxylic acid groups (broad SMARTS) is 4. The molecule has 6 atom stereocenters. The van der Waals surface area contributed by atoms with Crippen LogP contribution in [-0.2, 0) is 43.2 Å². The molecule has 2 saturated carbocycles. The molecular weight excluding hydrogens is 744 g/mol. The minimum atomic E-state index is -1.57. The minimum Gasteiger partial charge on any atom is -0.481 e. The van der Waals surface area contributed by atoms with Crippen LogP contribution < -0.4 is 32.3 Å². The maximum atomic E-state index is 14.0. The number of rotatable bonds is 24. The van der Waals surface area contributed by atoms with Crippen molar-refractivity contribution < 1.29 is 63.6 Å². The topological polar surface area (TPSA) is 321 Å². The van der Waals surface area contributed by atoms with Crippen LogP contribution in [0.3, 0.4) is 0 Å². The summed E-state index contributed by atoms with van der Waals surface area (Å²) in [6.45, 7) is 0. The predicted molar refractivity (Wildman–Crippen MR) is 197 cm³/mol. The Bertz CT molecular complexity index is 1370. The molecule has 2 rings (SSSR count). The fraction of sp³-hybridized carbons (Fsp3) is 0.743. The first-order valence-corrected chi connectivity index (χ1v) is 19.4. The Morgan fingerprint density at radius 3 is 1.20 bits per heavy atom. The lowest BCUT2D eigenvalue weighted by Gasteiger charge is -2.30. The zero-order valence-corrected chi connectivity index (χ0v) is 31.7. The minimum absolute atomic E-state index is 0.0273. The van der Waals surface area contributed by atoms with Gasteiger partial charge in [-0.05, 0) is 37.5 Å². The summed E-state index contributed by atoms with van der Waals surface area (Å²) >= 11 is 3.99. The highest BCUT2D eigenvalue weighted by Crippen LogP contribution is 2.29. The third-order valence-electron chi connectivity index (χ3n) is 9.94. The van der Waals surface area contributed by atoms with E-state index in [0.29, 0.717) is 12.8 Å². The number of carbonyl (C=O) groups is 9. The van der Waals surface area contributed by atoms with E-state index in [9.17, 15) is 58.5 Å². The quantitative estimate of drug-likeness (QED) is 0.0568. The number of carbonyl (C=O) groups excluding carboxylic acids is 5. The molecule has 0 radical (unpaired) electrons. The zero-order chi connectivity index (χ0) is 41.1. The fourth-order valence-corrected chi connectivity index (χ4v) is 7.13. The van der Waals surface area contributed by atoms with Gasteiger partial charge in [0.05, 0.1) is 12.5 Å². The van der Waals surface area contributed by atoms with Gasteiger partial charge in [0.2, 0.25) is 29.5 Å². The lowest BCUT2D eigenvalue weighted by atomic mass is 9.84. The van der Waals surface area contributed by atoms with Crippen LogP contribution in [0.2, 0.25) is 0 Å². The van der Waals surface area contributed by atoms with Crippen LogP contribution >= 0.6 is 12.6 Å². The summed E-state index contributed by atoms with van der Waals surface area (Å²) in [6.07, 6.45) is 5.94. The molecule has 5 amide bonds. The second-order valence-electron chi connectivity index (χ2n) is 14.4. The normalized spacial score (nSPS) is 18.2. The highest BCUT2D eigenvalue weighted by Gasteiger charge is 2.35. The van der Waals surface area contributed by atoms with E-state index in [1.165, 1.54) is 0 Å². The Labute approximate surface area is 324 Å². The third kappa shape index (κ3) is 17.7. The largest absolute Gasteiger partial charge is 0.481 e. The second-order valence-corrected chi connectivity index (χ2v) is 14.7. The molecule has 0 aromatic heterocycles. The molecule has 2 aliphatic carbocycles. The van der Waals surface area contributed by atoms with Crippen molar-refractivity contribution in [3.8, 4) is 0 Å². The van der Waals surface area contributed by atoms with Gasteiger partial charge in [0, 0.05) is 18.6 Å². The first-order valence-electron chi connectivity index (χ1n) is 18.8. The van der Waals surface area contributed by atoms with Crippen molar-refractivity contribution in [1.29, 1.82) is 0 Å². The summed E-state index contributed by atoms with van der Waals surface area (Å²) < 4.78 is 0. The van der Waals surface area contributed by atoms with Gasteiger partial charge in [-0.15, -0.1) is 0 Å². The number of aliphatic carboxylic acids is 4. The number of hydrogen-bond donors (Lipinski definition) is 11. The Morgan fingerprint density at radius 2 is 0.855 bits per heavy atom. The molecule has 55 heavy (non-hydrogen) atoms. The van der Waals surface area contributed by atoms with Crippen molar-refractivity contribution in [3.05, 3.63) is 0 Å². The van der Waals surface area contributed by atoms with Gasteiger partial charge in [-0.3, -0.25) is 38.4 Å². The van der Waals surface area contributed by atoms with Gasteiger partial charge < -0.3 is 52.7 Å². The van der Waals surface area contributed by atoms with Crippen molar-refractivity contribution >= 4 is 66.0 Å². The molecule has 0 unspecified atom stereocenters. The van der Waals surface area contributed by atoms with Crippen LogP contribution in [0.15, 0.2) is 0 Å². The van der Waals surface area contributed by atoms with Crippen LogP contribution in [0.4, 0.5) is 0 Å². The smallest absolute Gasteiger partial charge is 0.327 e. The number of nitrogens with two attached hydrogens (primary N) is 1. The van der Waals surface area contributed by atoms with Gasteiger partial charge >= 0.3 is 23.9 Å². The van der Waals surface area contributed by atoms with Crippen molar-refractivity contribution in [2.75, 3.05) is 5.75 Å². The molecule has 0 heterocycles. The van der Waals surface area contributed by atoms with Crippen LogP contribution in [0.5, 0.6) is 0 Å². The molecule has 20 heteroatoms. The molecular formula is C35H56N6O13S. The Morgan fingerprint density at radius 1 is 0.509 bits per heavy atom. The highest BCUT2D eigenvalue weighted by atomic mass is 32.1. The molecule has 0 aromatic carbocycles. The van der Waals surface area contributed by atoms with E-state index >= 15 is 0 Å². The van der Waals surface area contributed by atoms with Crippen LogP contribution in [0.25, 0.3) is 0 Å². The molecule has 0 aromatic rings. The van der Waals surface area contributed by atoms with Gasteiger partial charge in [0.25, 0.3) is 0 Å². The molecule has 310 valence electrons. The van der Waals surface area contributed by atoms with E-state index in [-0.39, 0.29) is 30.4 Å². The van der Waals surface area contributed by atoms with E-state index in [1.54, 1.807) is 0 Å². The van der Waals surface area contributed by atoms with Crippen LogP contribution in [0, 0.1) is 11.8 Å². The number of nitrogens with one attached hydrogen (secondary N) is 5. The average molecular weight is 801 g/mol. The van der Waals surface area contributed by atoms with Crippen molar-refractivity contribution in [2.24, 2.45) is 17.6 Å². The number of hydrogen-bond acceptors (Lipinski definition) is 11. The number of carboxylic acids is 4. The third-order valence-corrected chi connectivity index (χ3v) is 10.3. The van der Waals surface area contributed by atoms with Gasteiger partial charge in [-0.25, -0.2) is 4.79 Å². The maximum absolute atomic E-state index is 14.0. The first kappa shape index (κ1) is 46.7. The standard InChI is InChI=1S/C35H56N6O13S/c36-21(17-29(46)47)30(48)37-22(11-13-27(42)43)31(49)39-24(15-19-7-3-1-4-8-19)33(51)38-23(12-14-28(44)45)32(50)40-25(16-20-9-5-2-6-10-20)34(52)41-26(18-55)35(53)54/h19-26,55H,1-18,36H2,(H,37,48)(H,38,51)(H,39,49)(H,40,50)(H,41,52)(H,42,43)(H,44,45)(H,46,47)(H,53,54)/t21-,22-,23-,24-,25-,26-/m0/s1. The van der Waals surface area contributed by atoms with Crippen molar-refractivity contribution in [2.45, 2.75) is 145 Å². The number of thiol groups is 1. The summed E-state index contributed by atoms with van der Waals surface area (Å²) in [6, 6.07) is -8.56. The van der Waals surface area contributed by atoms with Gasteiger partial charge in [0.15, 0.2) is 0 Å². The molecule has 0 aliphatic heterocycles. The van der Waals surface area contributed by atoms with E-state index in [4.69, 9.17) is 10.8 Å². The summed E-state index contributed by atoms with van der Waals surface area (Å²) in [5.41, 5.74) is 5.64. The molecule has 0 bridgehead atoms. The summed E-state index contributed by atoms with van der Waals surface area (Å²) in [5.74, 6) is -10.2. The second kappa shape index (κ2) is 24.1. The lowest BCUT2D eigenvalue weighted by Crippen LogP contribution is -2.59. The maximum Gasteiger partial charge on any atom is 0.327 e. The van der Waals surface area contributed by atoms with E-state index in [1.807, 2.05) is 0 Å². The Hall–Kier alpha value is -4.46. The Balaban J connectivity index is 2.37. The van der Waals surface area contributed by atoms with E-state index in [2.05, 4.69) is 39.2 Å². The molecule has 11 N–H and O–H groups in total. The Kier molecular flexibility index (Phi) is 20.5. The van der Waals surface area contributed by atoms with Crippen molar-refractivity contribution in [1.82, 2.24) is 26.6 Å². The first-order chi connectivity index (χ1) is 26.0. The average Bonchev–Trinajstić information content (AvgIpc) is 3.13. The highest BCUT2D eigenvalue weighted by molar-refractivity contribution is 7.80. The summed E-state index contributed by atoms with van der Waals surface area (Å²) in [5, 5.41) is 49.5. The van der Waals surface area contributed by atoms with Gasteiger partial charge in [-0.1, -0.05) is 64.2 Å². The number of amides is 5. The molecule has 0 saturated heterocycles. The van der Waals surface area contributed by atoms with Gasteiger partial charge in [-0.2, -0.15) is 12.6 Å². The molecule has 19 nitrogen and oxygen atoms in total. The van der Waals surface area contributed by atoms with Crippen LogP contribution in [-0.4, -0.2) is 116 Å².